The van der Waals surface area contributed by atoms with Crippen LogP contribution in [0.3, 0.4) is 0 Å². The molecular formula is C16H12O4. The van der Waals surface area contributed by atoms with Crippen LogP contribution in [0.1, 0.15) is 0 Å². The third kappa shape index (κ3) is 2.12. The van der Waals surface area contributed by atoms with Crippen LogP contribution in [0.4, 0.5) is 0 Å². The zero-order valence-corrected chi connectivity index (χ0v) is 10.8. The lowest BCUT2D eigenvalue weighted by atomic mass is 10.1. The second kappa shape index (κ2) is 4.74. The predicted molar refractivity (Wildman–Crippen MR) is 76.1 cm³/mol. The number of aromatic hydroxyl groups is 1. The Labute approximate surface area is 114 Å². The third-order valence-electron chi connectivity index (χ3n) is 3.12. The summed E-state index contributed by atoms with van der Waals surface area (Å²) >= 11 is 0. The van der Waals surface area contributed by atoms with Crippen molar-refractivity contribution in [2.24, 2.45) is 0 Å². The van der Waals surface area contributed by atoms with E-state index < -0.39 is 5.63 Å². The minimum atomic E-state index is -0.409. The van der Waals surface area contributed by atoms with Crippen LogP contribution < -0.4 is 10.4 Å². The van der Waals surface area contributed by atoms with E-state index >= 15 is 0 Å². The molecule has 0 aliphatic heterocycles. The van der Waals surface area contributed by atoms with Gasteiger partial charge in [0.2, 0.25) is 0 Å². The molecular weight excluding hydrogens is 256 g/mol. The Balaban J connectivity index is 2.19. The average molecular weight is 268 g/mol. The fourth-order valence-electron chi connectivity index (χ4n) is 2.08. The Bertz CT molecular complexity index is 816. The molecule has 4 heteroatoms. The maximum Gasteiger partial charge on any atom is 0.344 e. The van der Waals surface area contributed by atoms with E-state index in [0.717, 1.165) is 11.3 Å². The average Bonchev–Trinajstić information content (AvgIpc) is 2.47. The molecule has 0 atom stereocenters. The van der Waals surface area contributed by atoms with Crippen LogP contribution in [0, 0.1) is 0 Å². The van der Waals surface area contributed by atoms with E-state index in [4.69, 9.17) is 9.15 Å². The van der Waals surface area contributed by atoms with Crippen molar-refractivity contribution in [3.63, 3.8) is 0 Å². The predicted octanol–water partition coefficient (Wildman–Crippen LogP) is 3.17. The number of hydrogen-bond donors (Lipinski definition) is 1. The Kier molecular flexibility index (Phi) is 2.91. The molecule has 4 nitrogen and oxygen atoms in total. The Hall–Kier alpha value is -2.75. The summed E-state index contributed by atoms with van der Waals surface area (Å²) < 4.78 is 10.3. The smallest absolute Gasteiger partial charge is 0.344 e. The first-order valence-electron chi connectivity index (χ1n) is 6.09. The van der Waals surface area contributed by atoms with E-state index in [2.05, 4.69) is 0 Å². The maximum atomic E-state index is 12.0. The van der Waals surface area contributed by atoms with Crippen molar-refractivity contribution in [1.29, 1.82) is 0 Å². The lowest BCUT2D eigenvalue weighted by Crippen LogP contribution is -2.02. The van der Waals surface area contributed by atoms with Crippen LogP contribution in [0.15, 0.2) is 57.7 Å². The fourth-order valence-corrected chi connectivity index (χ4v) is 2.08. The third-order valence-corrected chi connectivity index (χ3v) is 3.12. The summed E-state index contributed by atoms with van der Waals surface area (Å²) in [4.78, 5) is 12.0. The number of ether oxygens (including phenoxy) is 1. The largest absolute Gasteiger partial charge is 0.508 e. The SMILES string of the molecule is COc1ccc(-c2cc3cc(O)ccc3oc2=O)cc1. The number of fused-ring (bicyclic) bond motifs is 1. The van der Waals surface area contributed by atoms with E-state index in [9.17, 15) is 9.90 Å². The minimum Gasteiger partial charge on any atom is -0.508 e. The van der Waals surface area contributed by atoms with Crippen LogP contribution in [0.5, 0.6) is 11.5 Å². The van der Waals surface area contributed by atoms with Gasteiger partial charge in [-0.05, 0) is 42.0 Å². The number of phenols is 1. The van der Waals surface area contributed by atoms with Gasteiger partial charge in [-0.25, -0.2) is 4.79 Å². The maximum absolute atomic E-state index is 12.0. The van der Waals surface area contributed by atoms with Gasteiger partial charge in [-0.3, -0.25) is 0 Å². The molecule has 1 N–H and O–H groups in total. The van der Waals surface area contributed by atoms with Crippen LogP contribution >= 0.6 is 0 Å². The molecule has 100 valence electrons. The molecule has 1 heterocycles. The lowest BCUT2D eigenvalue weighted by Gasteiger charge is -2.04. The Morgan fingerprint density at radius 1 is 1.05 bits per heavy atom. The van der Waals surface area contributed by atoms with Gasteiger partial charge in [0.15, 0.2) is 0 Å². The van der Waals surface area contributed by atoms with Gasteiger partial charge in [0.25, 0.3) is 0 Å². The van der Waals surface area contributed by atoms with E-state index in [1.54, 1.807) is 49.6 Å². The first-order valence-corrected chi connectivity index (χ1v) is 6.09. The molecule has 0 saturated carbocycles. The van der Waals surface area contributed by atoms with E-state index in [1.807, 2.05) is 0 Å². The highest BCUT2D eigenvalue weighted by Crippen LogP contribution is 2.25. The molecule has 3 rings (SSSR count). The summed E-state index contributed by atoms with van der Waals surface area (Å²) in [6, 6.07) is 13.5. The minimum absolute atomic E-state index is 0.132. The zero-order valence-electron chi connectivity index (χ0n) is 10.8. The summed E-state index contributed by atoms with van der Waals surface area (Å²) in [7, 11) is 1.59. The standard InChI is InChI=1S/C16H12O4/c1-19-13-5-2-10(3-6-13)14-9-11-8-12(17)4-7-15(11)20-16(14)18/h2-9,17H,1H3. The molecule has 0 aliphatic rings. The normalized spacial score (nSPS) is 10.7. The molecule has 0 saturated heterocycles. The molecule has 2 aromatic carbocycles. The highest BCUT2D eigenvalue weighted by molar-refractivity contribution is 5.82. The fraction of sp³-hybridized carbons (Fsp3) is 0.0625. The molecule has 0 amide bonds. The molecule has 3 aromatic rings. The monoisotopic (exact) mass is 268 g/mol. The first-order chi connectivity index (χ1) is 9.67. The van der Waals surface area contributed by atoms with Crippen molar-refractivity contribution in [1.82, 2.24) is 0 Å². The van der Waals surface area contributed by atoms with E-state index in [1.165, 1.54) is 6.07 Å². The van der Waals surface area contributed by atoms with Gasteiger partial charge < -0.3 is 14.3 Å². The van der Waals surface area contributed by atoms with Gasteiger partial charge in [0.1, 0.15) is 17.1 Å². The topological polar surface area (TPSA) is 59.7 Å². The van der Waals surface area contributed by atoms with Crippen LogP contribution in [-0.4, -0.2) is 12.2 Å². The van der Waals surface area contributed by atoms with Gasteiger partial charge >= 0.3 is 5.63 Å². The number of methoxy groups -OCH3 is 1. The number of phenolic OH excluding ortho intramolecular Hbond substituents is 1. The molecule has 0 fully saturated rings. The van der Waals surface area contributed by atoms with Crippen molar-refractivity contribution in [2.75, 3.05) is 7.11 Å². The van der Waals surface area contributed by atoms with Crippen molar-refractivity contribution in [3.8, 4) is 22.6 Å². The molecule has 0 bridgehead atoms. The number of hydrogen-bond acceptors (Lipinski definition) is 4. The Morgan fingerprint density at radius 3 is 2.50 bits per heavy atom. The van der Waals surface area contributed by atoms with Gasteiger partial charge in [0, 0.05) is 5.39 Å². The second-order valence-electron chi connectivity index (χ2n) is 4.40. The molecule has 0 radical (unpaired) electrons. The summed E-state index contributed by atoms with van der Waals surface area (Å²) in [6.45, 7) is 0. The number of rotatable bonds is 2. The first kappa shape index (κ1) is 12.3. The van der Waals surface area contributed by atoms with Crippen molar-refractivity contribution in [2.45, 2.75) is 0 Å². The number of benzene rings is 2. The summed E-state index contributed by atoms with van der Waals surface area (Å²) in [6.07, 6.45) is 0. The van der Waals surface area contributed by atoms with Gasteiger partial charge in [0.05, 0.1) is 12.7 Å². The zero-order chi connectivity index (χ0) is 14.1. The summed E-state index contributed by atoms with van der Waals surface area (Å²) in [5.41, 5.74) is 1.23. The highest BCUT2D eigenvalue weighted by Gasteiger charge is 2.08. The van der Waals surface area contributed by atoms with E-state index in [-0.39, 0.29) is 5.75 Å². The quantitative estimate of drug-likeness (QED) is 0.725. The van der Waals surface area contributed by atoms with Gasteiger partial charge in [-0.15, -0.1) is 0 Å². The summed E-state index contributed by atoms with van der Waals surface area (Å²) in [5.74, 6) is 0.851. The second-order valence-corrected chi connectivity index (χ2v) is 4.40. The van der Waals surface area contributed by atoms with Crippen LogP contribution in [0.25, 0.3) is 22.1 Å². The molecule has 0 spiro atoms. The highest BCUT2D eigenvalue weighted by atomic mass is 16.5. The van der Waals surface area contributed by atoms with Crippen molar-refractivity contribution < 1.29 is 14.3 Å². The van der Waals surface area contributed by atoms with Crippen LogP contribution in [0.2, 0.25) is 0 Å². The summed E-state index contributed by atoms with van der Waals surface area (Å²) in [5, 5.41) is 10.2. The Morgan fingerprint density at radius 2 is 1.80 bits per heavy atom. The molecule has 20 heavy (non-hydrogen) atoms. The van der Waals surface area contributed by atoms with Crippen LogP contribution in [-0.2, 0) is 0 Å². The molecule has 0 aliphatic carbocycles. The lowest BCUT2D eigenvalue weighted by molar-refractivity contribution is 0.415. The van der Waals surface area contributed by atoms with Gasteiger partial charge in [-0.1, -0.05) is 12.1 Å². The van der Waals surface area contributed by atoms with Crippen molar-refractivity contribution in [3.05, 3.63) is 59.0 Å². The molecule has 0 unspecified atom stereocenters. The van der Waals surface area contributed by atoms with Gasteiger partial charge in [-0.2, -0.15) is 0 Å². The van der Waals surface area contributed by atoms with Crippen molar-refractivity contribution >= 4 is 11.0 Å². The van der Waals surface area contributed by atoms with E-state index in [0.29, 0.717) is 16.5 Å². The molecule has 1 aromatic heterocycles.